The lowest BCUT2D eigenvalue weighted by Gasteiger charge is -2.24. The van der Waals surface area contributed by atoms with Gasteiger partial charge in [-0.05, 0) is 50.8 Å². The van der Waals surface area contributed by atoms with Crippen LogP contribution in [0.15, 0.2) is 53.8 Å². The van der Waals surface area contributed by atoms with Gasteiger partial charge in [0.25, 0.3) is 0 Å². The molecule has 1 heterocycles. The van der Waals surface area contributed by atoms with Gasteiger partial charge < -0.3 is 24.8 Å². The first-order valence-electron chi connectivity index (χ1n) is 9.07. The highest BCUT2D eigenvalue weighted by Gasteiger charge is 2.14. The summed E-state index contributed by atoms with van der Waals surface area (Å²) in [4.78, 5) is 6.97. The molecule has 150 valence electrons. The van der Waals surface area contributed by atoms with E-state index in [9.17, 15) is 0 Å². The van der Waals surface area contributed by atoms with Crippen LogP contribution in [-0.2, 0) is 6.54 Å². The summed E-state index contributed by atoms with van der Waals surface area (Å²) in [5, 5.41) is 6.72. The van der Waals surface area contributed by atoms with Crippen LogP contribution >= 0.6 is 24.0 Å². The van der Waals surface area contributed by atoms with Gasteiger partial charge in [-0.2, -0.15) is 0 Å². The largest absolute Gasteiger partial charge is 0.497 e. The standard InChI is InChI=1S/C20H31N5O.HI/c1-5-21-20(22-12-15-25-13-6-7-14-25)23-16-19(24(2)3)17-8-10-18(26-4)11-9-17;/h6-11,13-14,19H,5,12,15-16H2,1-4H3,(H2,21,22,23);1H. The van der Waals surface area contributed by atoms with E-state index in [1.807, 2.05) is 24.3 Å². The molecule has 0 spiro atoms. The summed E-state index contributed by atoms with van der Waals surface area (Å²) < 4.78 is 7.40. The zero-order valence-electron chi connectivity index (χ0n) is 16.7. The number of nitrogens with zero attached hydrogens (tertiary/aromatic N) is 3. The number of likely N-dealkylation sites (N-methyl/N-ethyl adjacent to an activating group) is 1. The van der Waals surface area contributed by atoms with Crippen molar-refractivity contribution in [3.63, 3.8) is 0 Å². The van der Waals surface area contributed by atoms with Crippen LogP contribution in [0, 0.1) is 0 Å². The second kappa shape index (κ2) is 12.6. The molecule has 2 aromatic rings. The molecule has 1 aromatic heterocycles. The van der Waals surface area contributed by atoms with Crippen molar-refractivity contribution < 1.29 is 4.74 Å². The van der Waals surface area contributed by atoms with E-state index in [4.69, 9.17) is 9.73 Å². The van der Waals surface area contributed by atoms with Crippen LogP contribution in [-0.4, -0.2) is 56.3 Å². The van der Waals surface area contributed by atoms with Crippen LogP contribution in [0.3, 0.4) is 0 Å². The molecule has 7 heteroatoms. The van der Waals surface area contributed by atoms with E-state index >= 15 is 0 Å². The van der Waals surface area contributed by atoms with Crippen LogP contribution in [0.2, 0.25) is 0 Å². The number of hydrogen-bond acceptors (Lipinski definition) is 3. The predicted octanol–water partition coefficient (Wildman–Crippen LogP) is 2.97. The van der Waals surface area contributed by atoms with Crippen molar-refractivity contribution >= 4 is 29.9 Å². The summed E-state index contributed by atoms with van der Waals surface area (Å²) in [6.45, 7) is 5.33. The first kappa shape index (κ1) is 23.3. The van der Waals surface area contributed by atoms with Gasteiger partial charge in [-0.15, -0.1) is 24.0 Å². The molecule has 1 unspecified atom stereocenters. The van der Waals surface area contributed by atoms with Gasteiger partial charge in [0, 0.05) is 32.0 Å². The Morgan fingerprint density at radius 3 is 2.37 bits per heavy atom. The van der Waals surface area contributed by atoms with Gasteiger partial charge in [-0.1, -0.05) is 12.1 Å². The third kappa shape index (κ3) is 7.80. The Kier molecular flexibility index (Phi) is 10.9. The second-order valence-electron chi connectivity index (χ2n) is 6.32. The molecule has 0 radical (unpaired) electrons. The minimum Gasteiger partial charge on any atom is -0.497 e. The van der Waals surface area contributed by atoms with Crippen molar-refractivity contribution in [1.29, 1.82) is 0 Å². The number of aliphatic imine (C=N–C) groups is 1. The van der Waals surface area contributed by atoms with Gasteiger partial charge >= 0.3 is 0 Å². The molecule has 0 aliphatic rings. The van der Waals surface area contributed by atoms with E-state index in [-0.39, 0.29) is 30.0 Å². The minimum atomic E-state index is 0. The van der Waals surface area contributed by atoms with Crippen LogP contribution in [0.1, 0.15) is 18.5 Å². The fraction of sp³-hybridized carbons (Fsp3) is 0.450. The summed E-state index contributed by atoms with van der Waals surface area (Å²) >= 11 is 0. The molecule has 2 rings (SSSR count). The van der Waals surface area contributed by atoms with Crippen molar-refractivity contribution in [2.24, 2.45) is 4.99 Å². The smallest absolute Gasteiger partial charge is 0.191 e. The minimum absolute atomic E-state index is 0. The maximum Gasteiger partial charge on any atom is 0.191 e. The quantitative estimate of drug-likeness (QED) is 0.326. The Morgan fingerprint density at radius 1 is 1.15 bits per heavy atom. The number of aromatic nitrogens is 1. The fourth-order valence-corrected chi connectivity index (χ4v) is 2.74. The summed E-state index contributed by atoms with van der Waals surface area (Å²) in [6.07, 6.45) is 4.13. The molecule has 6 nitrogen and oxygen atoms in total. The number of hydrogen-bond donors (Lipinski definition) is 2. The number of guanidine groups is 1. The average molecular weight is 485 g/mol. The normalized spacial score (nSPS) is 12.4. The Labute approximate surface area is 180 Å². The molecular formula is C20H32IN5O. The molecule has 0 amide bonds. The summed E-state index contributed by atoms with van der Waals surface area (Å²) in [5.74, 6) is 1.72. The summed E-state index contributed by atoms with van der Waals surface area (Å²) in [7, 11) is 5.85. The summed E-state index contributed by atoms with van der Waals surface area (Å²) in [5.41, 5.74) is 1.22. The molecule has 0 aliphatic heterocycles. The first-order chi connectivity index (χ1) is 12.6. The topological polar surface area (TPSA) is 53.8 Å². The molecule has 1 aromatic carbocycles. The summed E-state index contributed by atoms with van der Waals surface area (Å²) in [6, 6.07) is 12.5. The first-order valence-corrected chi connectivity index (χ1v) is 9.07. The van der Waals surface area contributed by atoms with Crippen molar-refractivity contribution in [2.75, 3.05) is 40.8 Å². The van der Waals surface area contributed by atoms with E-state index in [2.05, 4.69) is 65.6 Å². The van der Waals surface area contributed by atoms with Crippen LogP contribution in [0.25, 0.3) is 0 Å². The number of halogens is 1. The van der Waals surface area contributed by atoms with Crippen molar-refractivity contribution in [2.45, 2.75) is 19.5 Å². The van der Waals surface area contributed by atoms with E-state index < -0.39 is 0 Å². The maximum atomic E-state index is 5.25. The molecule has 2 N–H and O–H groups in total. The van der Waals surface area contributed by atoms with E-state index in [1.54, 1.807) is 7.11 Å². The Balaban J connectivity index is 0.00000364. The lowest BCUT2D eigenvalue weighted by molar-refractivity contribution is 0.306. The predicted molar refractivity (Wildman–Crippen MR) is 123 cm³/mol. The molecule has 0 bridgehead atoms. The van der Waals surface area contributed by atoms with Crippen molar-refractivity contribution in [3.8, 4) is 5.75 Å². The molecule has 0 saturated carbocycles. The average Bonchev–Trinajstić information content (AvgIpc) is 3.15. The fourth-order valence-electron chi connectivity index (χ4n) is 2.74. The number of benzene rings is 1. The monoisotopic (exact) mass is 485 g/mol. The number of nitrogens with one attached hydrogen (secondary N) is 2. The zero-order chi connectivity index (χ0) is 18.8. The lowest BCUT2D eigenvalue weighted by atomic mass is 10.1. The molecular weight excluding hydrogens is 453 g/mol. The Morgan fingerprint density at radius 2 is 1.81 bits per heavy atom. The lowest BCUT2D eigenvalue weighted by Crippen LogP contribution is -2.39. The van der Waals surface area contributed by atoms with Crippen molar-refractivity contribution in [3.05, 3.63) is 54.4 Å². The molecule has 27 heavy (non-hydrogen) atoms. The van der Waals surface area contributed by atoms with Gasteiger partial charge in [0.2, 0.25) is 0 Å². The van der Waals surface area contributed by atoms with Gasteiger partial charge in [-0.3, -0.25) is 4.99 Å². The van der Waals surface area contributed by atoms with E-state index in [1.165, 1.54) is 5.56 Å². The van der Waals surface area contributed by atoms with Crippen molar-refractivity contribution in [1.82, 2.24) is 20.1 Å². The zero-order valence-corrected chi connectivity index (χ0v) is 19.0. The molecule has 1 atom stereocenters. The number of rotatable bonds is 9. The van der Waals surface area contributed by atoms with Crippen LogP contribution < -0.4 is 15.4 Å². The van der Waals surface area contributed by atoms with Gasteiger partial charge in [0.15, 0.2) is 5.96 Å². The molecule has 0 aliphatic carbocycles. The third-order valence-electron chi connectivity index (χ3n) is 4.22. The number of methoxy groups -OCH3 is 1. The molecule has 0 fully saturated rings. The number of ether oxygens (including phenoxy) is 1. The van der Waals surface area contributed by atoms with Gasteiger partial charge in [0.05, 0.1) is 19.7 Å². The van der Waals surface area contributed by atoms with Crippen LogP contribution in [0.5, 0.6) is 5.75 Å². The molecule has 0 saturated heterocycles. The van der Waals surface area contributed by atoms with Crippen LogP contribution in [0.4, 0.5) is 0 Å². The highest BCUT2D eigenvalue weighted by Crippen LogP contribution is 2.21. The highest BCUT2D eigenvalue weighted by atomic mass is 127. The highest BCUT2D eigenvalue weighted by molar-refractivity contribution is 14.0. The maximum absolute atomic E-state index is 5.25. The van der Waals surface area contributed by atoms with Gasteiger partial charge in [0.1, 0.15) is 5.75 Å². The van der Waals surface area contributed by atoms with E-state index in [0.717, 1.165) is 31.3 Å². The SMILES string of the molecule is CCNC(=NCC(c1ccc(OC)cc1)N(C)C)NCCn1cccc1.I. The van der Waals surface area contributed by atoms with E-state index in [0.29, 0.717) is 6.54 Å². The second-order valence-corrected chi connectivity index (χ2v) is 6.32. The Bertz CT molecular complexity index is 656. The third-order valence-corrected chi connectivity index (χ3v) is 4.22. The Hall–Kier alpha value is -1.74. The van der Waals surface area contributed by atoms with Gasteiger partial charge in [-0.25, -0.2) is 0 Å².